The van der Waals surface area contributed by atoms with E-state index < -0.39 is 16.0 Å². The molecule has 4 aromatic rings. The first kappa shape index (κ1) is 23.8. The number of hydrogen-bond donors (Lipinski definition) is 1. The van der Waals surface area contributed by atoms with Gasteiger partial charge in [-0.15, -0.1) is 0 Å². The first-order valence-corrected chi connectivity index (χ1v) is 12.0. The summed E-state index contributed by atoms with van der Waals surface area (Å²) in [6, 6.07) is 23.4. The van der Waals surface area contributed by atoms with Crippen molar-refractivity contribution in [2.75, 3.05) is 14.2 Å². The number of ether oxygens (including phenoxy) is 3. The van der Waals surface area contributed by atoms with Crippen molar-refractivity contribution in [3.8, 4) is 17.2 Å². The minimum absolute atomic E-state index is 0.0789. The minimum Gasteiger partial charge on any atom is -0.493 e. The molecule has 0 fully saturated rings. The van der Waals surface area contributed by atoms with E-state index in [0.29, 0.717) is 17.1 Å². The van der Waals surface area contributed by atoms with Gasteiger partial charge in [0, 0.05) is 5.56 Å². The number of esters is 1. The molecule has 0 spiro atoms. The molecule has 0 radical (unpaired) electrons. The normalized spacial score (nSPS) is 11.4. The average Bonchev–Trinajstić information content (AvgIpc) is 2.89. The molecule has 8 nitrogen and oxygen atoms in total. The average molecular weight is 491 g/mol. The zero-order chi connectivity index (χ0) is 24.8. The van der Waals surface area contributed by atoms with Gasteiger partial charge in [0.25, 0.3) is 10.0 Å². The minimum atomic E-state index is -3.86. The summed E-state index contributed by atoms with van der Waals surface area (Å²) >= 11 is 0. The SMILES string of the molecule is COc1ccc(C(=O)Oc2ccc3ccccc3c2/C=N\NS(=O)(=O)c2ccccc2)cc1OC. The number of nitrogens with zero attached hydrogens (tertiary/aromatic N) is 1. The molecule has 0 aromatic heterocycles. The highest BCUT2D eigenvalue weighted by molar-refractivity contribution is 7.89. The molecule has 0 heterocycles. The molecule has 0 saturated heterocycles. The first-order valence-electron chi connectivity index (χ1n) is 10.5. The highest BCUT2D eigenvalue weighted by Crippen LogP contribution is 2.30. The van der Waals surface area contributed by atoms with Gasteiger partial charge in [0.1, 0.15) is 5.75 Å². The van der Waals surface area contributed by atoms with Crippen LogP contribution in [0.5, 0.6) is 17.2 Å². The molecule has 0 bridgehead atoms. The molecule has 35 heavy (non-hydrogen) atoms. The Balaban J connectivity index is 1.66. The third kappa shape index (κ3) is 5.25. The Morgan fingerprint density at radius 2 is 1.51 bits per heavy atom. The molecular formula is C26H22N2O6S. The van der Waals surface area contributed by atoms with E-state index in [9.17, 15) is 13.2 Å². The number of hydrogen-bond acceptors (Lipinski definition) is 7. The summed E-state index contributed by atoms with van der Waals surface area (Å²) in [5, 5.41) is 5.54. The van der Waals surface area contributed by atoms with Crippen LogP contribution in [0.3, 0.4) is 0 Å². The van der Waals surface area contributed by atoms with E-state index in [1.807, 2.05) is 24.3 Å². The zero-order valence-electron chi connectivity index (χ0n) is 19.0. The molecule has 0 unspecified atom stereocenters. The second-order valence-corrected chi connectivity index (χ2v) is 8.98. The van der Waals surface area contributed by atoms with Gasteiger partial charge in [-0.25, -0.2) is 9.63 Å². The number of carbonyl (C=O) groups excluding carboxylic acids is 1. The van der Waals surface area contributed by atoms with E-state index in [0.717, 1.165) is 10.8 Å². The topological polar surface area (TPSA) is 103 Å². The van der Waals surface area contributed by atoms with Gasteiger partial charge in [-0.05, 0) is 47.2 Å². The number of nitrogens with one attached hydrogen (secondary N) is 1. The fourth-order valence-corrected chi connectivity index (χ4v) is 4.24. The predicted molar refractivity (Wildman–Crippen MR) is 133 cm³/mol. The molecular weight excluding hydrogens is 468 g/mol. The van der Waals surface area contributed by atoms with Crippen LogP contribution in [0.25, 0.3) is 10.8 Å². The number of fused-ring (bicyclic) bond motifs is 1. The molecule has 9 heteroatoms. The van der Waals surface area contributed by atoms with E-state index in [-0.39, 0.29) is 16.2 Å². The van der Waals surface area contributed by atoms with Gasteiger partial charge in [-0.2, -0.15) is 13.5 Å². The lowest BCUT2D eigenvalue weighted by Crippen LogP contribution is -2.18. The van der Waals surface area contributed by atoms with Crippen LogP contribution in [0.1, 0.15) is 15.9 Å². The monoisotopic (exact) mass is 490 g/mol. The van der Waals surface area contributed by atoms with Gasteiger partial charge in [0.2, 0.25) is 0 Å². The van der Waals surface area contributed by atoms with Crippen LogP contribution in [0.15, 0.2) is 94.9 Å². The summed E-state index contributed by atoms with van der Waals surface area (Å²) in [5.74, 6) is 0.456. The zero-order valence-corrected chi connectivity index (χ0v) is 19.8. The Morgan fingerprint density at radius 3 is 2.26 bits per heavy atom. The van der Waals surface area contributed by atoms with Crippen LogP contribution < -0.4 is 19.0 Å². The fourth-order valence-electron chi connectivity index (χ4n) is 3.43. The van der Waals surface area contributed by atoms with Crippen LogP contribution in [0.2, 0.25) is 0 Å². The second kappa shape index (κ2) is 10.3. The van der Waals surface area contributed by atoms with Crippen molar-refractivity contribution in [2.45, 2.75) is 4.90 Å². The number of sulfonamides is 1. The lowest BCUT2D eigenvalue weighted by Gasteiger charge is -2.12. The molecule has 4 rings (SSSR count). The Labute approximate surface area is 202 Å². The molecule has 0 atom stereocenters. The smallest absolute Gasteiger partial charge is 0.343 e. The van der Waals surface area contributed by atoms with Gasteiger partial charge in [0.05, 0.1) is 30.9 Å². The van der Waals surface area contributed by atoms with Crippen LogP contribution >= 0.6 is 0 Å². The second-order valence-electron chi connectivity index (χ2n) is 7.32. The lowest BCUT2D eigenvalue weighted by atomic mass is 10.0. The molecule has 0 amide bonds. The van der Waals surface area contributed by atoms with Crippen molar-refractivity contribution in [3.05, 3.63) is 96.1 Å². The standard InChI is InChI=1S/C26H22N2O6S/c1-32-24-15-13-19(16-25(24)33-2)26(29)34-23-14-12-18-8-6-7-11-21(18)22(23)17-27-28-35(30,31)20-9-4-3-5-10-20/h3-17,28H,1-2H3/b27-17-. The summed E-state index contributed by atoms with van der Waals surface area (Å²) in [7, 11) is -0.882. The third-order valence-electron chi connectivity index (χ3n) is 5.17. The van der Waals surface area contributed by atoms with Gasteiger partial charge in [-0.3, -0.25) is 0 Å². The van der Waals surface area contributed by atoms with E-state index in [2.05, 4.69) is 9.93 Å². The van der Waals surface area contributed by atoms with Crippen molar-refractivity contribution in [1.82, 2.24) is 4.83 Å². The van der Waals surface area contributed by atoms with E-state index in [4.69, 9.17) is 14.2 Å². The van der Waals surface area contributed by atoms with Crippen LogP contribution in [-0.4, -0.2) is 34.8 Å². The van der Waals surface area contributed by atoms with Crippen molar-refractivity contribution in [3.63, 3.8) is 0 Å². The van der Waals surface area contributed by atoms with E-state index >= 15 is 0 Å². The van der Waals surface area contributed by atoms with Gasteiger partial charge >= 0.3 is 5.97 Å². The molecule has 0 saturated carbocycles. The molecule has 0 aliphatic rings. The third-order valence-corrected chi connectivity index (χ3v) is 6.41. The predicted octanol–water partition coefficient (Wildman–Crippen LogP) is 4.39. The number of hydrazone groups is 1. The molecule has 0 aliphatic carbocycles. The van der Waals surface area contributed by atoms with Gasteiger partial charge in [0.15, 0.2) is 11.5 Å². The van der Waals surface area contributed by atoms with Crippen molar-refractivity contribution in [1.29, 1.82) is 0 Å². The lowest BCUT2D eigenvalue weighted by molar-refractivity contribution is 0.0734. The summed E-state index contributed by atoms with van der Waals surface area (Å²) in [6.45, 7) is 0. The van der Waals surface area contributed by atoms with E-state index in [1.54, 1.807) is 42.5 Å². The van der Waals surface area contributed by atoms with Crippen molar-refractivity contribution >= 4 is 33.0 Å². The van der Waals surface area contributed by atoms with Gasteiger partial charge < -0.3 is 14.2 Å². The number of methoxy groups -OCH3 is 2. The van der Waals surface area contributed by atoms with Gasteiger partial charge in [-0.1, -0.05) is 48.5 Å². The highest BCUT2D eigenvalue weighted by atomic mass is 32.2. The summed E-state index contributed by atoms with van der Waals surface area (Å²) in [6.07, 6.45) is 1.32. The molecule has 178 valence electrons. The number of benzene rings is 4. The summed E-state index contributed by atoms with van der Waals surface area (Å²) < 4.78 is 41.2. The Kier molecular flexibility index (Phi) is 6.98. The molecule has 0 aliphatic heterocycles. The largest absolute Gasteiger partial charge is 0.493 e. The fraction of sp³-hybridized carbons (Fsp3) is 0.0769. The first-order chi connectivity index (χ1) is 16.9. The quantitative estimate of drug-likeness (QED) is 0.170. The molecule has 4 aromatic carbocycles. The summed E-state index contributed by atoms with van der Waals surface area (Å²) in [5.41, 5.74) is 0.691. The number of carbonyl (C=O) groups is 1. The van der Waals surface area contributed by atoms with Crippen molar-refractivity contribution < 1.29 is 27.4 Å². The Hall–Kier alpha value is -4.37. The maximum atomic E-state index is 12.9. The highest BCUT2D eigenvalue weighted by Gasteiger charge is 2.17. The van der Waals surface area contributed by atoms with Crippen LogP contribution in [0.4, 0.5) is 0 Å². The maximum absolute atomic E-state index is 12.9. The Morgan fingerprint density at radius 1 is 0.829 bits per heavy atom. The summed E-state index contributed by atoms with van der Waals surface area (Å²) in [4.78, 5) is 15.2. The maximum Gasteiger partial charge on any atom is 0.343 e. The van der Waals surface area contributed by atoms with E-state index in [1.165, 1.54) is 38.6 Å². The Bertz CT molecular complexity index is 1500. The molecule has 1 N–H and O–H groups in total. The number of rotatable bonds is 8. The van der Waals surface area contributed by atoms with Crippen molar-refractivity contribution in [2.24, 2.45) is 5.10 Å². The van der Waals surface area contributed by atoms with Crippen LogP contribution in [0, 0.1) is 0 Å². The van der Waals surface area contributed by atoms with Crippen LogP contribution in [-0.2, 0) is 10.0 Å².